The zero-order valence-corrected chi connectivity index (χ0v) is 52.3. The van der Waals surface area contributed by atoms with Gasteiger partial charge in [0.1, 0.15) is 37.2 Å². The van der Waals surface area contributed by atoms with E-state index in [1.165, 1.54) is 34.9 Å². The lowest BCUT2D eigenvalue weighted by atomic mass is 10.2. The van der Waals surface area contributed by atoms with E-state index in [0.29, 0.717) is 80.6 Å². The number of carbonyl (C=O) groups excluding carboxylic acids is 3. The molecule has 0 bridgehead atoms. The molecule has 3 aromatic carbocycles. The number of halogens is 8. The Hall–Kier alpha value is -6.31. The number of fused-ring (bicyclic) bond motifs is 3. The first-order valence-electron chi connectivity index (χ1n) is 22.7. The number of nitrogens with zero attached hydrogens (tertiary/aromatic N) is 9. The molecular weight excluding hydrogens is 1360 g/mol. The predicted octanol–water partition coefficient (Wildman–Crippen LogP) is 16.3. The van der Waals surface area contributed by atoms with E-state index in [4.69, 9.17) is 105 Å². The van der Waals surface area contributed by atoms with Crippen LogP contribution in [0.4, 0.5) is 16.0 Å². The normalized spacial score (nSPS) is 10.1. The molecule has 0 aliphatic heterocycles. The maximum absolute atomic E-state index is 12.0. The van der Waals surface area contributed by atoms with Crippen LogP contribution in [0.1, 0.15) is 42.3 Å². The van der Waals surface area contributed by atoms with Gasteiger partial charge in [-0.2, -0.15) is 4.99 Å². The van der Waals surface area contributed by atoms with Crippen molar-refractivity contribution in [3.05, 3.63) is 215 Å². The van der Waals surface area contributed by atoms with Gasteiger partial charge in [0.2, 0.25) is 0 Å². The first kappa shape index (κ1) is 64.9. The number of anilines is 3. The number of thiocarbonyl (C=S) groups is 2. The minimum Gasteiger partial charge on any atom is -0.396 e. The van der Waals surface area contributed by atoms with Crippen molar-refractivity contribution in [2.24, 2.45) is 4.99 Å². The Morgan fingerprint density at radius 1 is 0.585 bits per heavy atom. The van der Waals surface area contributed by atoms with Gasteiger partial charge in [-0.05, 0) is 100 Å². The number of nitrogen functional groups attached to an aromatic ring is 2. The molecule has 0 aliphatic carbocycles. The van der Waals surface area contributed by atoms with E-state index < -0.39 is 0 Å². The highest BCUT2D eigenvalue weighted by Gasteiger charge is 2.12. The largest absolute Gasteiger partial charge is 0.396 e. The van der Waals surface area contributed by atoms with E-state index >= 15 is 0 Å². The topological polar surface area (TPSA) is 243 Å². The highest BCUT2D eigenvalue weighted by atomic mass is 79.9. The number of alkyl halides is 1. The number of nitrogens with one attached hydrogen (secondary N) is 2. The number of amides is 3. The molecule has 0 atom stereocenters. The molecule has 29 heteroatoms. The van der Waals surface area contributed by atoms with Crippen LogP contribution in [-0.4, -0.2) is 67.7 Å². The molecular formula is C53H35BrCl7N13O3S5. The number of nitrogens with two attached hydrogens (primary N) is 2. The van der Waals surface area contributed by atoms with Crippen molar-refractivity contribution in [2.75, 3.05) is 16.8 Å². The van der Waals surface area contributed by atoms with E-state index in [1.54, 1.807) is 115 Å². The lowest BCUT2D eigenvalue weighted by Gasteiger charge is -2.08. The minimum absolute atomic E-state index is 0.171. The molecule has 11 rings (SSSR count). The third-order valence-electron chi connectivity index (χ3n) is 9.75. The summed E-state index contributed by atoms with van der Waals surface area (Å²) in [7, 11) is 0. The van der Waals surface area contributed by atoms with Crippen molar-refractivity contribution < 1.29 is 14.4 Å². The summed E-state index contributed by atoms with van der Waals surface area (Å²) in [5, 5.41) is 11.1. The van der Waals surface area contributed by atoms with Crippen molar-refractivity contribution in [3.63, 3.8) is 0 Å². The number of benzene rings is 3. The molecule has 8 aromatic heterocycles. The van der Waals surface area contributed by atoms with Crippen LogP contribution in [0.2, 0.25) is 30.7 Å². The maximum Gasteiger partial charge on any atom is 0.285 e. The summed E-state index contributed by atoms with van der Waals surface area (Å²) in [4.78, 5) is 70.7. The number of aliphatic imine (C=N–C) groups is 1. The van der Waals surface area contributed by atoms with Gasteiger partial charge in [-0.25, -0.2) is 34.9 Å². The Morgan fingerprint density at radius 2 is 1.07 bits per heavy atom. The average molecular weight is 1390 g/mol. The van der Waals surface area contributed by atoms with Gasteiger partial charge >= 0.3 is 0 Å². The molecule has 0 saturated carbocycles. The Balaban J connectivity index is 0.000000163. The highest BCUT2D eigenvalue weighted by molar-refractivity contribution is 9.11. The quantitative estimate of drug-likeness (QED) is 0.0502. The fourth-order valence-corrected chi connectivity index (χ4v) is 10.8. The Kier molecular flexibility index (Phi) is 26.2. The maximum atomic E-state index is 12.0. The number of rotatable bonds is 7. The lowest BCUT2D eigenvalue weighted by molar-refractivity contribution is 0.0974. The summed E-state index contributed by atoms with van der Waals surface area (Å²) in [5.41, 5.74) is 16.9. The Labute approximate surface area is 533 Å². The average Bonchev–Trinajstić information content (AvgIpc) is 4.20. The third-order valence-corrected chi connectivity index (χ3v) is 15.1. The molecule has 3 amide bonds. The summed E-state index contributed by atoms with van der Waals surface area (Å²) in [6.07, 6.45) is 8.25. The second-order valence-electron chi connectivity index (χ2n) is 15.5. The smallest absolute Gasteiger partial charge is 0.285 e. The number of carbonyl (C=O) groups is 3. The van der Waals surface area contributed by atoms with Crippen LogP contribution < -0.4 is 22.1 Å². The number of thiazole rings is 3. The number of isothiocyanates is 1. The molecule has 6 N–H and O–H groups in total. The van der Waals surface area contributed by atoms with Gasteiger partial charge in [0.15, 0.2) is 14.2 Å². The molecule has 0 radical (unpaired) electrons. The monoisotopic (exact) mass is 1380 g/mol. The summed E-state index contributed by atoms with van der Waals surface area (Å²) >= 11 is 57.0. The van der Waals surface area contributed by atoms with E-state index in [0.717, 1.165) is 45.8 Å². The van der Waals surface area contributed by atoms with Crippen molar-refractivity contribution in [1.82, 2.24) is 45.2 Å². The van der Waals surface area contributed by atoms with Crippen LogP contribution in [0.25, 0.3) is 30.6 Å². The molecule has 16 nitrogen and oxygen atoms in total. The molecule has 416 valence electrons. The number of hydrogen-bond acceptors (Lipinski definition) is 18. The first-order chi connectivity index (χ1) is 39.4. The molecule has 11 aromatic rings. The molecule has 0 saturated heterocycles. The predicted molar refractivity (Wildman–Crippen MR) is 347 cm³/mol. The van der Waals surface area contributed by atoms with Gasteiger partial charge in [-0.3, -0.25) is 24.7 Å². The lowest BCUT2D eigenvalue weighted by Crippen LogP contribution is -2.30. The van der Waals surface area contributed by atoms with Gasteiger partial charge in [0.05, 0.1) is 71.3 Å². The molecule has 0 fully saturated rings. The fourth-order valence-electron chi connectivity index (χ4n) is 6.04. The molecule has 0 aliphatic rings. The Bertz CT molecular complexity index is 3960. The van der Waals surface area contributed by atoms with Gasteiger partial charge < -0.3 is 16.8 Å². The van der Waals surface area contributed by atoms with Crippen molar-refractivity contribution in [3.8, 4) is 0 Å². The van der Waals surface area contributed by atoms with Crippen molar-refractivity contribution in [1.29, 1.82) is 0 Å². The van der Waals surface area contributed by atoms with Crippen LogP contribution in [0, 0.1) is 0 Å². The van der Waals surface area contributed by atoms with Gasteiger partial charge in [-0.1, -0.05) is 159 Å². The summed E-state index contributed by atoms with van der Waals surface area (Å²) in [6, 6.07) is 35.1. The molecule has 82 heavy (non-hydrogen) atoms. The van der Waals surface area contributed by atoms with Crippen LogP contribution in [0.5, 0.6) is 0 Å². The van der Waals surface area contributed by atoms with Gasteiger partial charge in [0, 0.05) is 34.3 Å². The Morgan fingerprint density at radius 3 is 1.63 bits per heavy atom. The summed E-state index contributed by atoms with van der Waals surface area (Å²) < 4.78 is 3.84. The second-order valence-corrected chi connectivity index (χ2v) is 23.2. The van der Waals surface area contributed by atoms with Gasteiger partial charge in [-0.15, -0.1) is 22.9 Å². The number of hydrogen-bond donors (Lipinski definition) is 4. The van der Waals surface area contributed by atoms with Crippen molar-refractivity contribution in [2.45, 2.75) is 12.3 Å². The standard InChI is InChI=1S/C14H10Cl2N2OS.C14H10ClN3OS.C8H5NOS.C6H2BrClN2S.C6H4ClN3S.C5H4Cl2N2/c15-11-7-12(16)17-8-10(11)6-13(20)18-14(19)9-4-2-1-3-5-9;15-7-10-6-12-11(8-16-10)17-14(20-12)18-13(19)9-4-2-1-3-5-9;10-8(9-6-11)7-4-2-1-3-5-7;7-6-10-3-2-9-5(8)1-4(3)11-6;7-5-1-4-3(2-9-5)10-6(8)11-4;6-3-1-5(7)9-2-4(3)8/h1-5,7-8H,6H2,(H,18,19,20);1-6,8H,7H2,(H,17,18,19);1-5H;1-2H;1-2H,(H2,8,10);1-2H,8H2. The zero-order chi connectivity index (χ0) is 59.1. The van der Waals surface area contributed by atoms with Crippen LogP contribution in [0.15, 0.2) is 161 Å². The zero-order valence-electron chi connectivity index (χ0n) is 41.3. The van der Waals surface area contributed by atoms with Gasteiger partial charge in [0.25, 0.3) is 17.7 Å². The number of aromatic nitrogens is 8. The van der Waals surface area contributed by atoms with Crippen molar-refractivity contribution >= 4 is 230 Å². The van der Waals surface area contributed by atoms with Crippen LogP contribution >= 0.6 is 156 Å². The summed E-state index contributed by atoms with van der Waals surface area (Å²) in [6.45, 7) is 0. The number of pyridine rings is 5. The van der Waals surface area contributed by atoms with Crippen LogP contribution in [0.3, 0.4) is 0 Å². The molecule has 0 spiro atoms. The third kappa shape index (κ3) is 21.1. The van der Waals surface area contributed by atoms with E-state index in [2.05, 4.69) is 83.6 Å². The SMILES string of the molecule is Clc1cc2sc(Br)nc2cn1.Nc1cnc(Cl)cc1Cl.Nc1nc2cnc(Cl)cc2s1.O=C(N=C=S)c1ccccc1.O=C(NC(=S)Cc1cnc(Cl)cc1Cl)c1ccccc1.O=C(Nc1nc2cnc(CCl)cc2s1)c1ccccc1. The first-order valence-corrected chi connectivity index (χ1v) is 29.6. The van der Waals surface area contributed by atoms with E-state index in [1.807, 2.05) is 41.6 Å². The van der Waals surface area contributed by atoms with E-state index in [-0.39, 0.29) is 17.7 Å². The fraction of sp³-hybridized carbons (Fsp3) is 0.0377. The molecule has 0 unspecified atom stereocenters. The highest BCUT2D eigenvalue weighted by Crippen LogP contribution is 2.29. The van der Waals surface area contributed by atoms with E-state index in [9.17, 15) is 14.4 Å². The van der Waals surface area contributed by atoms with Crippen LogP contribution in [-0.2, 0) is 12.3 Å². The molecule has 8 heterocycles. The second kappa shape index (κ2) is 33.1. The minimum atomic E-state index is -0.347. The summed E-state index contributed by atoms with van der Waals surface area (Å²) in [5.74, 6) is -0.399.